The summed E-state index contributed by atoms with van der Waals surface area (Å²) < 4.78 is 0. The number of rotatable bonds is 4. The summed E-state index contributed by atoms with van der Waals surface area (Å²) in [5, 5.41) is 12.2. The second kappa shape index (κ2) is 7.08. The van der Waals surface area contributed by atoms with Crippen LogP contribution in [0.5, 0.6) is 0 Å². The Morgan fingerprint density at radius 2 is 1.56 bits per heavy atom. The summed E-state index contributed by atoms with van der Waals surface area (Å²) in [7, 11) is 0. The molecular formula is C22H18N2S. The first-order valence-electron chi connectivity index (χ1n) is 8.30. The SMILES string of the molecule is Cc1ccccc1CSc1ccc(-c2ccc3ccccc3c2)nn1. The van der Waals surface area contributed by atoms with Crippen molar-refractivity contribution in [3.05, 3.63) is 90.0 Å². The molecule has 0 saturated carbocycles. The maximum atomic E-state index is 4.42. The molecule has 0 aliphatic heterocycles. The van der Waals surface area contributed by atoms with E-state index in [0.717, 1.165) is 22.0 Å². The molecule has 0 saturated heterocycles. The number of aromatic nitrogens is 2. The molecule has 2 nitrogen and oxygen atoms in total. The largest absolute Gasteiger partial charge is 0.149 e. The molecule has 1 heterocycles. The Morgan fingerprint density at radius 1 is 0.760 bits per heavy atom. The van der Waals surface area contributed by atoms with Crippen LogP contribution >= 0.6 is 11.8 Å². The highest BCUT2D eigenvalue weighted by Gasteiger charge is 2.04. The molecule has 122 valence electrons. The van der Waals surface area contributed by atoms with Gasteiger partial charge in [0.2, 0.25) is 0 Å². The molecule has 0 radical (unpaired) electrons. The van der Waals surface area contributed by atoms with E-state index in [2.05, 4.69) is 96.0 Å². The summed E-state index contributed by atoms with van der Waals surface area (Å²) >= 11 is 1.72. The zero-order valence-electron chi connectivity index (χ0n) is 14.0. The fourth-order valence-electron chi connectivity index (χ4n) is 2.82. The molecule has 0 spiro atoms. The Kier molecular flexibility index (Phi) is 4.49. The van der Waals surface area contributed by atoms with E-state index in [1.54, 1.807) is 11.8 Å². The van der Waals surface area contributed by atoms with Gasteiger partial charge in [-0.05, 0) is 47.0 Å². The average Bonchev–Trinajstić information content (AvgIpc) is 2.67. The van der Waals surface area contributed by atoms with Gasteiger partial charge in [-0.15, -0.1) is 10.2 Å². The van der Waals surface area contributed by atoms with E-state index < -0.39 is 0 Å². The van der Waals surface area contributed by atoms with Crippen LogP contribution in [0.3, 0.4) is 0 Å². The smallest absolute Gasteiger partial charge is 0.119 e. The summed E-state index contributed by atoms with van der Waals surface area (Å²) in [6.45, 7) is 2.14. The lowest BCUT2D eigenvalue weighted by Crippen LogP contribution is -1.91. The summed E-state index contributed by atoms with van der Waals surface area (Å²) in [6.07, 6.45) is 0. The molecule has 0 N–H and O–H groups in total. The third kappa shape index (κ3) is 3.57. The van der Waals surface area contributed by atoms with Gasteiger partial charge in [0.15, 0.2) is 0 Å². The number of nitrogens with zero attached hydrogens (tertiary/aromatic N) is 2. The normalized spacial score (nSPS) is 10.9. The number of thioether (sulfide) groups is 1. The van der Waals surface area contributed by atoms with E-state index in [-0.39, 0.29) is 0 Å². The first-order chi connectivity index (χ1) is 12.3. The Morgan fingerprint density at radius 3 is 2.36 bits per heavy atom. The highest BCUT2D eigenvalue weighted by Crippen LogP contribution is 2.26. The molecule has 1 aromatic heterocycles. The minimum Gasteiger partial charge on any atom is -0.149 e. The third-order valence-corrected chi connectivity index (χ3v) is 5.29. The van der Waals surface area contributed by atoms with Gasteiger partial charge >= 0.3 is 0 Å². The van der Waals surface area contributed by atoms with E-state index in [9.17, 15) is 0 Å². The van der Waals surface area contributed by atoms with Crippen molar-refractivity contribution >= 4 is 22.5 Å². The third-order valence-electron chi connectivity index (χ3n) is 4.32. The Balaban J connectivity index is 1.52. The fraction of sp³-hybridized carbons (Fsp3) is 0.0909. The molecule has 0 fully saturated rings. The molecule has 3 aromatic carbocycles. The zero-order valence-corrected chi connectivity index (χ0v) is 14.8. The molecule has 0 unspecified atom stereocenters. The molecule has 0 aliphatic rings. The van der Waals surface area contributed by atoms with Gasteiger partial charge in [-0.2, -0.15) is 0 Å². The van der Waals surface area contributed by atoms with Crippen LogP contribution in [0.15, 0.2) is 83.9 Å². The van der Waals surface area contributed by atoms with Gasteiger partial charge in [-0.1, -0.05) is 72.4 Å². The van der Waals surface area contributed by atoms with Crippen molar-refractivity contribution in [3.8, 4) is 11.3 Å². The number of hydrogen-bond donors (Lipinski definition) is 0. The number of fused-ring (bicyclic) bond motifs is 1. The van der Waals surface area contributed by atoms with Crippen LogP contribution in [0.25, 0.3) is 22.0 Å². The average molecular weight is 342 g/mol. The maximum absolute atomic E-state index is 4.42. The first kappa shape index (κ1) is 15.9. The van der Waals surface area contributed by atoms with Gasteiger partial charge in [-0.25, -0.2) is 0 Å². The summed E-state index contributed by atoms with van der Waals surface area (Å²) in [6, 6.07) is 27.3. The van der Waals surface area contributed by atoms with Crippen molar-refractivity contribution in [3.63, 3.8) is 0 Å². The fourth-order valence-corrected chi connectivity index (χ4v) is 3.71. The van der Waals surface area contributed by atoms with Crippen molar-refractivity contribution in [2.45, 2.75) is 17.7 Å². The second-order valence-corrected chi connectivity index (χ2v) is 7.03. The molecule has 4 rings (SSSR count). The number of aryl methyl sites for hydroxylation is 1. The van der Waals surface area contributed by atoms with E-state index in [0.29, 0.717) is 0 Å². The number of hydrogen-bond acceptors (Lipinski definition) is 3. The molecule has 3 heteroatoms. The van der Waals surface area contributed by atoms with Crippen molar-refractivity contribution < 1.29 is 0 Å². The molecule has 0 aliphatic carbocycles. The van der Waals surface area contributed by atoms with Crippen LogP contribution in [-0.2, 0) is 5.75 Å². The van der Waals surface area contributed by atoms with Crippen molar-refractivity contribution in [1.82, 2.24) is 10.2 Å². The lowest BCUT2D eigenvalue weighted by atomic mass is 10.1. The van der Waals surface area contributed by atoms with Crippen LogP contribution in [0.1, 0.15) is 11.1 Å². The first-order valence-corrected chi connectivity index (χ1v) is 9.28. The predicted molar refractivity (Wildman–Crippen MR) is 106 cm³/mol. The standard InChI is InChI=1S/C22H18N2S/c1-16-6-2-3-9-20(16)15-25-22-13-12-21(23-24-22)19-11-10-17-7-4-5-8-18(17)14-19/h2-14H,15H2,1H3. The van der Waals surface area contributed by atoms with Gasteiger partial charge in [0.1, 0.15) is 5.03 Å². The van der Waals surface area contributed by atoms with Crippen LogP contribution in [0, 0.1) is 6.92 Å². The van der Waals surface area contributed by atoms with E-state index >= 15 is 0 Å². The maximum Gasteiger partial charge on any atom is 0.119 e. The van der Waals surface area contributed by atoms with Crippen LogP contribution in [0.4, 0.5) is 0 Å². The summed E-state index contributed by atoms with van der Waals surface area (Å²) in [4.78, 5) is 0. The van der Waals surface area contributed by atoms with Gasteiger partial charge in [0, 0.05) is 11.3 Å². The monoisotopic (exact) mass is 342 g/mol. The van der Waals surface area contributed by atoms with Gasteiger partial charge in [0.25, 0.3) is 0 Å². The van der Waals surface area contributed by atoms with Crippen molar-refractivity contribution in [2.75, 3.05) is 0 Å². The van der Waals surface area contributed by atoms with Crippen LogP contribution in [-0.4, -0.2) is 10.2 Å². The van der Waals surface area contributed by atoms with Crippen molar-refractivity contribution in [1.29, 1.82) is 0 Å². The Bertz CT molecular complexity index is 1010. The molecule has 4 aromatic rings. The minimum atomic E-state index is 0.908. The molecule has 0 atom stereocenters. The zero-order chi connectivity index (χ0) is 17.1. The highest BCUT2D eigenvalue weighted by atomic mass is 32.2. The lowest BCUT2D eigenvalue weighted by molar-refractivity contribution is 0.935. The molecule has 0 bridgehead atoms. The Labute approximate surface area is 151 Å². The van der Waals surface area contributed by atoms with Crippen LogP contribution in [0.2, 0.25) is 0 Å². The summed E-state index contributed by atoms with van der Waals surface area (Å²) in [5.74, 6) is 0.913. The molecular weight excluding hydrogens is 324 g/mol. The quantitative estimate of drug-likeness (QED) is 0.432. The predicted octanol–water partition coefficient (Wildman–Crippen LogP) is 5.90. The van der Waals surface area contributed by atoms with E-state index in [1.165, 1.54) is 21.9 Å². The van der Waals surface area contributed by atoms with E-state index in [1.807, 2.05) is 0 Å². The topological polar surface area (TPSA) is 25.8 Å². The van der Waals surface area contributed by atoms with Gasteiger partial charge in [-0.3, -0.25) is 0 Å². The van der Waals surface area contributed by atoms with Crippen molar-refractivity contribution in [2.24, 2.45) is 0 Å². The number of benzene rings is 3. The summed E-state index contributed by atoms with van der Waals surface area (Å²) in [5.41, 5.74) is 4.66. The lowest BCUT2D eigenvalue weighted by Gasteiger charge is -2.06. The Hall–Kier alpha value is -2.65. The molecule has 25 heavy (non-hydrogen) atoms. The van der Waals surface area contributed by atoms with Gasteiger partial charge in [0.05, 0.1) is 5.69 Å². The molecule has 0 amide bonds. The van der Waals surface area contributed by atoms with E-state index in [4.69, 9.17) is 0 Å². The van der Waals surface area contributed by atoms with Crippen LogP contribution < -0.4 is 0 Å². The second-order valence-electron chi connectivity index (χ2n) is 6.03. The highest BCUT2D eigenvalue weighted by molar-refractivity contribution is 7.98. The minimum absolute atomic E-state index is 0.908. The van der Waals surface area contributed by atoms with Gasteiger partial charge < -0.3 is 0 Å².